The van der Waals surface area contributed by atoms with E-state index in [2.05, 4.69) is 32.4 Å². The van der Waals surface area contributed by atoms with E-state index in [0.717, 1.165) is 16.6 Å². The number of nitrogens with zero attached hydrogens (tertiary/aromatic N) is 3. The molecule has 0 aliphatic heterocycles. The Morgan fingerprint density at radius 2 is 2.19 bits per heavy atom. The van der Waals surface area contributed by atoms with Gasteiger partial charge in [0.05, 0.1) is 16.9 Å². The fourth-order valence-electron chi connectivity index (χ4n) is 1.97. The van der Waals surface area contributed by atoms with E-state index in [0.29, 0.717) is 23.5 Å². The van der Waals surface area contributed by atoms with Crippen molar-refractivity contribution in [3.8, 4) is 6.07 Å². The third kappa shape index (κ3) is 3.31. The van der Waals surface area contributed by atoms with Crippen molar-refractivity contribution in [1.82, 2.24) is 9.78 Å². The summed E-state index contributed by atoms with van der Waals surface area (Å²) in [4.78, 5) is 12.4. The first-order valence-electron chi connectivity index (χ1n) is 6.66. The Kier molecular flexibility index (Phi) is 4.76. The molecule has 0 saturated heterocycles. The van der Waals surface area contributed by atoms with Crippen molar-refractivity contribution in [3.05, 3.63) is 45.7 Å². The molecule has 108 valence electrons. The van der Waals surface area contributed by atoms with Crippen LogP contribution < -0.4 is 5.32 Å². The van der Waals surface area contributed by atoms with Gasteiger partial charge in [0.2, 0.25) is 0 Å². The van der Waals surface area contributed by atoms with Gasteiger partial charge in [-0.15, -0.1) is 0 Å². The molecule has 0 unspecified atom stereocenters. The second-order valence-electron chi connectivity index (χ2n) is 4.45. The van der Waals surface area contributed by atoms with Gasteiger partial charge >= 0.3 is 0 Å². The summed E-state index contributed by atoms with van der Waals surface area (Å²) in [5.74, 6) is -0.261. The van der Waals surface area contributed by atoms with E-state index >= 15 is 0 Å². The van der Waals surface area contributed by atoms with E-state index < -0.39 is 0 Å². The van der Waals surface area contributed by atoms with Crippen LogP contribution in [0.1, 0.15) is 35.6 Å². The molecule has 6 heteroatoms. The van der Waals surface area contributed by atoms with Gasteiger partial charge in [0.1, 0.15) is 11.8 Å². The van der Waals surface area contributed by atoms with Gasteiger partial charge in [-0.1, -0.05) is 22.9 Å². The fourth-order valence-corrected chi connectivity index (χ4v) is 2.33. The summed E-state index contributed by atoms with van der Waals surface area (Å²) in [6, 6.07) is 9.01. The van der Waals surface area contributed by atoms with E-state index in [1.165, 1.54) is 0 Å². The standard InChI is InChI=1S/C15H15BrN4O/c1-3-12-8-14(20(4-2)19-12)15(21)18-13-6-5-11(16)7-10(13)9-17/h5-8H,3-4H2,1-2H3,(H,18,21). The van der Waals surface area contributed by atoms with E-state index in [9.17, 15) is 4.79 Å². The largest absolute Gasteiger partial charge is 0.319 e. The van der Waals surface area contributed by atoms with E-state index in [1.807, 2.05) is 13.8 Å². The monoisotopic (exact) mass is 346 g/mol. The number of carbonyl (C=O) groups excluding carboxylic acids is 1. The van der Waals surface area contributed by atoms with Crippen molar-refractivity contribution < 1.29 is 4.79 Å². The molecular weight excluding hydrogens is 332 g/mol. The summed E-state index contributed by atoms with van der Waals surface area (Å²) < 4.78 is 2.46. The number of rotatable bonds is 4. The molecule has 2 rings (SSSR count). The minimum atomic E-state index is -0.261. The second kappa shape index (κ2) is 6.55. The van der Waals surface area contributed by atoms with Crippen LogP contribution in [-0.2, 0) is 13.0 Å². The molecule has 5 nitrogen and oxygen atoms in total. The summed E-state index contributed by atoms with van der Waals surface area (Å²) in [6.07, 6.45) is 0.773. The highest BCUT2D eigenvalue weighted by Crippen LogP contribution is 2.21. The first-order chi connectivity index (χ1) is 10.1. The molecule has 0 fully saturated rings. The summed E-state index contributed by atoms with van der Waals surface area (Å²) in [5.41, 5.74) is 2.28. The van der Waals surface area contributed by atoms with Gasteiger partial charge in [-0.25, -0.2) is 0 Å². The Bertz CT molecular complexity index is 715. The summed E-state index contributed by atoms with van der Waals surface area (Å²) in [7, 11) is 0. The van der Waals surface area contributed by atoms with Crippen LogP contribution in [0.3, 0.4) is 0 Å². The van der Waals surface area contributed by atoms with Crippen LogP contribution in [0.25, 0.3) is 0 Å². The van der Waals surface area contributed by atoms with Gasteiger partial charge in [-0.2, -0.15) is 10.4 Å². The maximum Gasteiger partial charge on any atom is 0.273 e. The lowest BCUT2D eigenvalue weighted by Crippen LogP contribution is -2.17. The molecule has 0 spiro atoms. The van der Waals surface area contributed by atoms with Crippen molar-refractivity contribution >= 4 is 27.5 Å². The normalized spacial score (nSPS) is 10.2. The van der Waals surface area contributed by atoms with Crippen LogP contribution in [0.5, 0.6) is 0 Å². The molecule has 1 aromatic heterocycles. The molecule has 0 radical (unpaired) electrons. The van der Waals surface area contributed by atoms with Gasteiger partial charge in [0.15, 0.2) is 0 Å². The van der Waals surface area contributed by atoms with Crippen LogP contribution in [0, 0.1) is 11.3 Å². The first-order valence-corrected chi connectivity index (χ1v) is 7.46. The Morgan fingerprint density at radius 1 is 1.43 bits per heavy atom. The third-order valence-electron chi connectivity index (χ3n) is 3.08. The van der Waals surface area contributed by atoms with Crippen LogP contribution in [0.15, 0.2) is 28.7 Å². The maximum atomic E-state index is 12.4. The summed E-state index contributed by atoms with van der Waals surface area (Å²) in [5, 5.41) is 16.3. The van der Waals surface area contributed by atoms with Gasteiger partial charge in [-0.3, -0.25) is 9.48 Å². The van der Waals surface area contributed by atoms with Crippen molar-refractivity contribution in [2.75, 3.05) is 5.32 Å². The number of benzene rings is 1. The number of amides is 1. The summed E-state index contributed by atoms with van der Waals surface area (Å²) >= 11 is 3.31. The zero-order valence-electron chi connectivity index (χ0n) is 11.9. The predicted molar refractivity (Wildman–Crippen MR) is 84.1 cm³/mol. The molecule has 0 atom stereocenters. The molecule has 0 aliphatic rings. The lowest BCUT2D eigenvalue weighted by molar-refractivity contribution is 0.101. The fraction of sp³-hybridized carbons (Fsp3) is 0.267. The molecule has 1 amide bonds. The first kappa shape index (κ1) is 15.3. The molecular formula is C15H15BrN4O. The summed E-state index contributed by atoms with van der Waals surface area (Å²) in [6.45, 7) is 4.55. The number of nitrogens with one attached hydrogen (secondary N) is 1. The van der Waals surface area contributed by atoms with Gasteiger partial charge < -0.3 is 5.32 Å². The number of halogens is 1. The maximum absolute atomic E-state index is 12.4. The molecule has 0 saturated carbocycles. The smallest absolute Gasteiger partial charge is 0.273 e. The van der Waals surface area contributed by atoms with Gasteiger partial charge in [-0.05, 0) is 37.6 Å². The highest BCUT2D eigenvalue weighted by atomic mass is 79.9. The minimum Gasteiger partial charge on any atom is -0.319 e. The molecule has 1 heterocycles. The van der Waals surface area contributed by atoms with Crippen LogP contribution >= 0.6 is 15.9 Å². The zero-order chi connectivity index (χ0) is 15.4. The number of aromatic nitrogens is 2. The third-order valence-corrected chi connectivity index (χ3v) is 3.57. The quantitative estimate of drug-likeness (QED) is 0.922. The second-order valence-corrected chi connectivity index (χ2v) is 5.36. The number of hydrogen-bond donors (Lipinski definition) is 1. The molecule has 0 bridgehead atoms. The van der Waals surface area contributed by atoms with E-state index in [-0.39, 0.29) is 5.91 Å². The molecule has 1 N–H and O–H groups in total. The van der Waals surface area contributed by atoms with Crippen LogP contribution in [-0.4, -0.2) is 15.7 Å². The molecule has 0 aliphatic carbocycles. The van der Waals surface area contributed by atoms with Gasteiger partial charge in [0, 0.05) is 11.0 Å². The zero-order valence-corrected chi connectivity index (χ0v) is 13.4. The SMILES string of the molecule is CCc1cc(C(=O)Nc2ccc(Br)cc2C#N)n(CC)n1. The van der Waals surface area contributed by atoms with Crippen molar-refractivity contribution in [1.29, 1.82) is 5.26 Å². The highest BCUT2D eigenvalue weighted by Gasteiger charge is 2.15. The van der Waals surface area contributed by atoms with Crippen LogP contribution in [0.2, 0.25) is 0 Å². The predicted octanol–water partition coefficient (Wildman–Crippen LogP) is 3.35. The number of anilines is 1. The minimum absolute atomic E-state index is 0.261. The molecule has 2 aromatic rings. The number of carbonyl (C=O) groups is 1. The van der Waals surface area contributed by atoms with Gasteiger partial charge in [0.25, 0.3) is 5.91 Å². The van der Waals surface area contributed by atoms with E-state index in [4.69, 9.17) is 5.26 Å². The van der Waals surface area contributed by atoms with Crippen molar-refractivity contribution in [3.63, 3.8) is 0 Å². The van der Waals surface area contributed by atoms with Crippen LogP contribution in [0.4, 0.5) is 5.69 Å². The highest BCUT2D eigenvalue weighted by molar-refractivity contribution is 9.10. The lowest BCUT2D eigenvalue weighted by atomic mass is 10.2. The number of nitriles is 1. The number of aryl methyl sites for hydroxylation is 2. The Labute approximate surface area is 131 Å². The molecule has 1 aromatic carbocycles. The Balaban J connectivity index is 2.30. The average Bonchev–Trinajstić information content (AvgIpc) is 2.92. The van der Waals surface area contributed by atoms with Crippen molar-refractivity contribution in [2.24, 2.45) is 0 Å². The van der Waals surface area contributed by atoms with E-state index in [1.54, 1.807) is 28.9 Å². The lowest BCUT2D eigenvalue weighted by Gasteiger charge is -2.08. The van der Waals surface area contributed by atoms with Crippen molar-refractivity contribution in [2.45, 2.75) is 26.8 Å². The number of hydrogen-bond acceptors (Lipinski definition) is 3. The Morgan fingerprint density at radius 3 is 2.81 bits per heavy atom. The Hall–Kier alpha value is -2.13. The molecule has 21 heavy (non-hydrogen) atoms. The topological polar surface area (TPSA) is 70.7 Å². The average molecular weight is 347 g/mol.